The van der Waals surface area contributed by atoms with E-state index in [1.165, 1.54) is 17.3 Å². The maximum Gasteiger partial charge on any atom is 0.235 e. The number of benzene rings is 2. The van der Waals surface area contributed by atoms with E-state index in [1.54, 1.807) is 0 Å². The highest BCUT2D eigenvalue weighted by molar-refractivity contribution is 8.00. The number of hydrogen-bond donors (Lipinski definition) is 2. The highest BCUT2D eigenvalue weighted by Crippen LogP contribution is 2.33. The number of nitrogens with two attached hydrogens (primary N) is 1. The molecule has 3 rings (SSSR count). The average molecular weight is 338 g/mol. The van der Waals surface area contributed by atoms with Crippen LogP contribution in [-0.2, 0) is 11.2 Å². The van der Waals surface area contributed by atoms with Gasteiger partial charge in [-0.25, -0.2) is 4.98 Å². The van der Waals surface area contributed by atoms with Gasteiger partial charge in [0.2, 0.25) is 11.1 Å². The van der Waals surface area contributed by atoms with Gasteiger partial charge in [0.1, 0.15) is 5.25 Å². The van der Waals surface area contributed by atoms with Crippen LogP contribution in [0.15, 0.2) is 59.8 Å². The third-order valence-corrected chi connectivity index (χ3v) is 4.82. The van der Waals surface area contributed by atoms with Crippen molar-refractivity contribution in [1.29, 1.82) is 0 Å². The average Bonchev–Trinajstić information content (AvgIpc) is 3.09. The predicted molar refractivity (Wildman–Crippen MR) is 95.4 cm³/mol. The molecule has 5 nitrogen and oxygen atoms in total. The Labute approximate surface area is 144 Å². The molecule has 0 aliphatic rings. The Hall–Kier alpha value is -2.60. The van der Waals surface area contributed by atoms with Crippen LogP contribution in [0.2, 0.25) is 0 Å². The quantitative estimate of drug-likeness (QED) is 0.675. The van der Waals surface area contributed by atoms with E-state index in [9.17, 15) is 4.79 Å². The van der Waals surface area contributed by atoms with E-state index in [2.05, 4.69) is 34.2 Å². The van der Waals surface area contributed by atoms with E-state index >= 15 is 0 Å². The lowest BCUT2D eigenvalue weighted by molar-refractivity contribution is -0.117. The standard InChI is InChI=1S/C18H18N4OS/c1-2-12-8-10-14(11-9-12)17-20-18(22-21-17)24-15(16(19)23)13-6-4-3-5-7-13/h3-11,15H,2H2,1H3,(H2,19,23)(H,20,21,22). The fraction of sp³-hybridized carbons (Fsp3) is 0.167. The molecule has 1 heterocycles. The molecule has 1 aromatic heterocycles. The summed E-state index contributed by atoms with van der Waals surface area (Å²) < 4.78 is 0. The molecule has 1 amide bonds. The first-order chi connectivity index (χ1) is 11.7. The summed E-state index contributed by atoms with van der Waals surface area (Å²) in [4.78, 5) is 16.3. The number of H-pyrrole nitrogens is 1. The van der Waals surface area contributed by atoms with E-state index in [-0.39, 0.29) is 0 Å². The fourth-order valence-electron chi connectivity index (χ4n) is 2.35. The van der Waals surface area contributed by atoms with Gasteiger partial charge in [-0.2, -0.15) is 0 Å². The van der Waals surface area contributed by atoms with E-state index < -0.39 is 11.2 Å². The smallest absolute Gasteiger partial charge is 0.235 e. The molecule has 2 aromatic carbocycles. The molecule has 0 aliphatic heterocycles. The minimum Gasteiger partial charge on any atom is -0.368 e. The van der Waals surface area contributed by atoms with E-state index in [0.29, 0.717) is 11.0 Å². The lowest BCUT2D eigenvalue weighted by atomic mass is 10.1. The summed E-state index contributed by atoms with van der Waals surface area (Å²) in [6.45, 7) is 2.12. The SMILES string of the molecule is CCc1ccc(-c2nc(SC(C(N)=O)c3ccccc3)n[nH]2)cc1. The zero-order chi connectivity index (χ0) is 16.9. The van der Waals surface area contributed by atoms with Crippen molar-refractivity contribution in [1.82, 2.24) is 15.2 Å². The molecule has 0 aliphatic carbocycles. The molecule has 0 saturated carbocycles. The van der Waals surface area contributed by atoms with E-state index in [0.717, 1.165) is 17.5 Å². The molecule has 0 spiro atoms. The number of hydrogen-bond acceptors (Lipinski definition) is 4. The summed E-state index contributed by atoms with van der Waals surface area (Å²) in [7, 11) is 0. The normalized spacial score (nSPS) is 12.0. The predicted octanol–water partition coefficient (Wildman–Crippen LogP) is 3.35. The fourth-order valence-corrected chi connectivity index (χ4v) is 3.21. The highest BCUT2D eigenvalue weighted by Gasteiger charge is 2.21. The van der Waals surface area contributed by atoms with Gasteiger partial charge in [-0.1, -0.05) is 73.3 Å². The second-order valence-corrected chi connectivity index (χ2v) is 6.40. The molecule has 0 radical (unpaired) electrons. The molecule has 3 aromatic rings. The number of primary amides is 1. The third kappa shape index (κ3) is 3.65. The summed E-state index contributed by atoms with van der Waals surface area (Å²) in [6, 6.07) is 17.6. The van der Waals surface area contributed by atoms with Crippen molar-refractivity contribution in [3.05, 3.63) is 65.7 Å². The monoisotopic (exact) mass is 338 g/mol. The maximum atomic E-state index is 11.8. The molecule has 0 bridgehead atoms. The van der Waals surface area contributed by atoms with Gasteiger partial charge in [0.25, 0.3) is 0 Å². The van der Waals surface area contributed by atoms with Crippen molar-refractivity contribution in [3.8, 4) is 11.4 Å². The number of aryl methyl sites for hydroxylation is 1. The number of carbonyl (C=O) groups excluding carboxylic acids is 1. The first kappa shape index (κ1) is 16.3. The van der Waals surface area contributed by atoms with Crippen LogP contribution in [0, 0.1) is 0 Å². The van der Waals surface area contributed by atoms with Crippen LogP contribution in [0.4, 0.5) is 0 Å². The van der Waals surface area contributed by atoms with Crippen molar-refractivity contribution in [2.45, 2.75) is 23.8 Å². The molecule has 1 atom stereocenters. The molecule has 24 heavy (non-hydrogen) atoms. The van der Waals surface area contributed by atoms with E-state index in [4.69, 9.17) is 5.73 Å². The maximum absolute atomic E-state index is 11.8. The zero-order valence-corrected chi connectivity index (χ0v) is 14.1. The van der Waals surface area contributed by atoms with Gasteiger partial charge in [-0.3, -0.25) is 9.89 Å². The van der Waals surface area contributed by atoms with Crippen LogP contribution in [0.1, 0.15) is 23.3 Å². The Morgan fingerprint density at radius 3 is 2.50 bits per heavy atom. The van der Waals surface area contributed by atoms with Gasteiger partial charge in [0, 0.05) is 5.56 Å². The lowest BCUT2D eigenvalue weighted by Crippen LogP contribution is -2.19. The summed E-state index contributed by atoms with van der Waals surface area (Å²) in [5, 5.41) is 7.10. The first-order valence-electron chi connectivity index (χ1n) is 7.70. The summed E-state index contributed by atoms with van der Waals surface area (Å²) >= 11 is 1.25. The summed E-state index contributed by atoms with van der Waals surface area (Å²) in [5.74, 6) is 0.265. The number of amides is 1. The minimum absolute atomic E-state index is 0.412. The van der Waals surface area contributed by atoms with Gasteiger partial charge in [-0.05, 0) is 17.5 Å². The Kier molecular flexibility index (Phi) is 4.96. The molecule has 1 unspecified atom stereocenters. The van der Waals surface area contributed by atoms with Gasteiger partial charge in [0.15, 0.2) is 5.82 Å². The topological polar surface area (TPSA) is 84.7 Å². The van der Waals surface area contributed by atoms with Gasteiger partial charge in [-0.15, -0.1) is 5.10 Å². The van der Waals surface area contributed by atoms with Crippen molar-refractivity contribution < 1.29 is 4.79 Å². The van der Waals surface area contributed by atoms with Crippen LogP contribution in [-0.4, -0.2) is 21.1 Å². The Morgan fingerprint density at radius 1 is 1.17 bits per heavy atom. The van der Waals surface area contributed by atoms with Gasteiger partial charge >= 0.3 is 0 Å². The van der Waals surface area contributed by atoms with Crippen LogP contribution >= 0.6 is 11.8 Å². The van der Waals surface area contributed by atoms with Crippen LogP contribution in [0.3, 0.4) is 0 Å². The summed E-state index contributed by atoms with van der Waals surface area (Å²) in [6.07, 6.45) is 0.995. The van der Waals surface area contributed by atoms with Crippen molar-refractivity contribution in [2.75, 3.05) is 0 Å². The number of aromatic amines is 1. The number of thioether (sulfide) groups is 1. The number of nitrogens with zero attached hydrogens (tertiary/aromatic N) is 2. The molecule has 0 fully saturated rings. The Morgan fingerprint density at radius 2 is 1.88 bits per heavy atom. The number of rotatable bonds is 6. The minimum atomic E-state index is -0.516. The second-order valence-electron chi connectivity index (χ2n) is 5.33. The van der Waals surface area contributed by atoms with Gasteiger partial charge in [0.05, 0.1) is 0 Å². The highest BCUT2D eigenvalue weighted by atomic mass is 32.2. The number of nitrogens with one attached hydrogen (secondary N) is 1. The third-order valence-electron chi connectivity index (χ3n) is 3.68. The molecule has 0 saturated heterocycles. The molecular formula is C18H18N4OS. The summed E-state index contributed by atoms with van der Waals surface area (Å²) in [5.41, 5.74) is 8.61. The number of carbonyl (C=O) groups is 1. The van der Waals surface area contributed by atoms with Crippen molar-refractivity contribution in [2.24, 2.45) is 5.73 Å². The van der Waals surface area contributed by atoms with Crippen LogP contribution < -0.4 is 5.73 Å². The lowest BCUT2D eigenvalue weighted by Gasteiger charge is -2.10. The van der Waals surface area contributed by atoms with Crippen LogP contribution in [0.25, 0.3) is 11.4 Å². The van der Waals surface area contributed by atoms with Gasteiger partial charge < -0.3 is 5.73 Å². The van der Waals surface area contributed by atoms with Crippen molar-refractivity contribution in [3.63, 3.8) is 0 Å². The largest absolute Gasteiger partial charge is 0.368 e. The molecule has 6 heteroatoms. The second kappa shape index (κ2) is 7.31. The Bertz CT molecular complexity index is 815. The van der Waals surface area contributed by atoms with E-state index in [1.807, 2.05) is 42.5 Å². The molecule has 122 valence electrons. The van der Waals surface area contributed by atoms with Crippen LogP contribution in [0.5, 0.6) is 0 Å². The zero-order valence-electron chi connectivity index (χ0n) is 13.3. The first-order valence-corrected chi connectivity index (χ1v) is 8.58. The molecular weight excluding hydrogens is 320 g/mol. The Balaban J connectivity index is 1.80. The molecule has 3 N–H and O–H groups in total. The van der Waals surface area contributed by atoms with Crippen molar-refractivity contribution >= 4 is 17.7 Å². The number of aromatic nitrogens is 3.